The third-order valence-corrected chi connectivity index (χ3v) is 9.92. The third-order valence-electron chi connectivity index (χ3n) is 9.92. The number of halogens is 3. The Bertz CT molecular complexity index is 1130. The first-order valence-electron chi connectivity index (χ1n) is 16.0. The van der Waals surface area contributed by atoms with E-state index in [2.05, 4.69) is 24.1 Å². The number of rotatable bonds is 10. The zero-order valence-corrected chi connectivity index (χ0v) is 26.9. The van der Waals surface area contributed by atoms with Crippen LogP contribution in [-0.4, -0.2) is 75.7 Å². The van der Waals surface area contributed by atoms with E-state index in [1.165, 1.54) is 4.90 Å². The molecule has 1 N–H and O–H groups in total. The Kier molecular flexibility index (Phi) is 10.5. The minimum atomic E-state index is -2.66. The van der Waals surface area contributed by atoms with Gasteiger partial charge in [-0.25, -0.2) is 13.6 Å². The molecule has 5 rings (SSSR count). The van der Waals surface area contributed by atoms with Gasteiger partial charge >= 0.3 is 6.03 Å². The van der Waals surface area contributed by atoms with Crippen LogP contribution in [0.4, 0.5) is 13.6 Å². The van der Waals surface area contributed by atoms with Gasteiger partial charge in [0.15, 0.2) is 0 Å². The Balaban J connectivity index is 0.00000423. The largest absolute Gasteiger partial charge is 0.349 e. The molecule has 3 atom stereocenters. The summed E-state index contributed by atoms with van der Waals surface area (Å²) in [5.74, 6) is -2.73. The maximum absolute atomic E-state index is 14.0. The quantitative estimate of drug-likeness (QED) is 0.306. The molecule has 2 unspecified atom stereocenters. The number of imide groups is 1. The van der Waals surface area contributed by atoms with Gasteiger partial charge in [0.05, 0.1) is 6.04 Å². The van der Waals surface area contributed by atoms with Gasteiger partial charge in [0, 0.05) is 50.5 Å². The Morgan fingerprint density at radius 2 is 1.51 bits per heavy atom. The summed E-state index contributed by atoms with van der Waals surface area (Å²) < 4.78 is 27.4. The number of nitrogens with one attached hydrogen (secondary N) is 1. The van der Waals surface area contributed by atoms with E-state index in [0.29, 0.717) is 32.4 Å². The van der Waals surface area contributed by atoms with Crippen LogP contribution in [0, 0.1) is 17.8 Å². The molecule has 1 aliphatic carbocycles. The van der Waals surface area contributed by atoms with Crippen LogP contribution in [0.2, 0.25) is 0 Å². The zero-order valence-electron chi connectivity index (χ0n) is 26.1. The molecule has 1 saturated carbocycles. The predicted octanol–water partition coefficient (Wildman–Crippen LogP) is 6.42. The molecule has 10 heteroatoms. The highest BCUT2D eigenvalue weighted by Crippen LogP contribution is 2.48. The van der Waals surface area contributed by atoms with Crippen LogP contribution in [0.3, 0.4) is 0 Å². The lowest BCUT2D eigenvalue weighted by molar-refractivity contribution is -0.138. The Hall–Kier alpha value is -2.26. The SMILES string of the molecule is CC(C)CN1C(=O)N(CC(C)C)C2(CC3CCC(C2)N3CC[C@H](NC(=O)C2CCC(F)(F)CC2)c2ccccc2)C1=O.Cl. The number of nitrogens with zero attached hydrogens (tertiary/aromatic N) is 3. The Morgan fingerprint density at radius 1 is 0.930 bits per heavy atom. The van der Waals surface area contributed by atoms with Crippen molar-refractivity contribution in [3.05, 3.63) is 35.9 Å². The number of alkyl halides is 2. The molecule has 43 heavy (non-hydrogen) atoms. The van der Waals surface area contributed by atoms with Gasteiger partial charge in [0.2, 0.25) is 11.8 Å². The lowest BCUT2D eigenvalue weighted by Crippen LogP contribution is -2.61. The fourth-order valence-corrected chi connectivity index (χ4v) is 7.88. The van der Waals surface area contributed by atoms with Crippen molar-refractivity contribution < 1.29 is 23.2 Å². The van der Waals surface area contributed by atoms with Gasteiger partial charge in [-0.15, -0.1) is 12.4 Å². The van der Waals surface area contributed by atoms with Crippen molar-refractivity contribution in [2.24, 2.45) is 17.8 Å². The van der Waals surface area contributed by atoms with Crippen molar-refractivity contribution in [1.82, 2.24) is 20.0 Å². The maximum Gasteiger partial charge on any atom is 0.327 e. The van der Waals surface area contributed by atoms with Crippen molar-refractivity contribution in [1.29, 1.82) is 0 Å². The van der Waals surface area contributed by atoms with E-state index in [1.807, 2.05) is 49.1 Å². The maximum atomic E-state index is 14.0. The molecule has 240 valence electrons. The second-order valence-electron chi connectivity index (χ2n) is 14.1. The lowest BCUT2D eigenvalue weighted by atomic mass is 9.80. The summed E-state index contributed by atoms with van der Waals surface area (Å²) in [6, 6.07) is 9.92. The Morgan fingerprint density at radius 3 is 2.07 bits per heavy atom. The second kappa shape index (κ2) is 13.4. The van der Waals surface area contributed by atoms with Gasteiger partial charge in [-0.2, -0.15) is 0 Å². The van der Waals surface area contributed by atoms with Gasteiger partial charge in [0.25, 0.3) is 5.91 Å². The van der Waals surface area contributed by atoms with Crippen molar-refractivity contribution in [3.8, 4) is 0 Å². The highest BCUT2D eigenvalue weighted by atomic mass is 35.5. The van der Waals surface area contributed by atoms with E-state index in [9.17, 15) is 23.2 Å². The average Bonchev–Trinajstić information content (AvgIpc) is 3.28. The summed E-state index contributed by atoms with van der Waals surface area (Å²) in [7, 11) is 0. The van der Waals surface area contributed by atoms with Crippen molar-refractivity contribution >= 4 is 30.3 Å². The molecule has 1 aromatic rings. The minimum absolute atomic E-state index is 0. The summed E-state index contributed by atoms with van der Waals surface area (Å²) in [5.41, 5.74) is 0.242. The summed E-state index contributed by atoms with van der Waals surface area (Å²) in [6.07, 6.45) is 3.94. The van der Waals surface area contributed by atoms with Gasteiger partial charge in [-0.05, 0) is 62.3 Å². The summed E-state index contributed by atoms with van der Waals surface area (Å²) in [4.78, 5) is 46.6. The molecule has 0 radical (unpaired) electrons. The van der Waals surface area contributed by atoms with Crippen LogP contribution >= 0.6 is 12.4 Å². The number of fused-ring (bicyclic) bond motifs is 2. The number of hydrogen-bond donors (Lipinski definition) is 1. The first-order valence-corrected chi connectivity index (χ1v) is 16.0. The molecule has 4 amide bonds. The van der Waals surface area contributed by atoms with E-state index in [1.54, 1.807) is 0 Å². The first-order chi connectivity index (χ1) is 19.9. The van der Waals surface area contributed by atoms with Crippen molar-refractivity contribution in [2.75, 3.05) is 19.6 Å². The average molecular weight is 623 g/mol. The summed E-state index contributed by atoms with van der Waals surface area (Å²) in [6.45, 7) is 10.1. The van der Waals surface area contributed by atoms with Crippen LogP contribution in [0.15, 0.2) is 30.3 Å². The standard InChI is InChI=1S/C33H48F2N4O3.ClH/c1-22(2)20-38-30(41)32(39(31(38)42)21-23(3)4)18-26-10-11-27(19-32)37(26)17-14-28(24-8-6-5-7-9-24)36-29(40)25-12-15-33(34,35)16-13-25;/h5-9,22-23,25-28H,10-21H2,1-4H3,(H,36,40);1H/t26?,27?,28-,32?;/m0./s1. The first kappa shape index (κ1) is 33.6. The predicted molar refractivity (Wildman–Crippen MR) is 165 cm³/mol. The molecule has 3 heterocycles. The van der Waals surface area contributed by atoms with E-state index in [0.717, 1.165) is 24.9 Å². The number of carbonyl (C=O) groups is 3. The second-order valence-corrected chi connectivity index (χ2v) is 14.1. The van der Waals surface area contributed by atoms with Gasteiger partial charge in [0.1, 0.15) is 5.54 Å². The van der Waals surface area contributed by atoms with E-state index in [-0.39, 0.29) is 91.8 Å². The number of benzene rings is 1. The lowest BCUT2D eigenvalue weighted by Gasteiger charge is -2.47. The van der Waals surface area contributed by atoms with Crippen LogP contribution < -0.4 is 5.32 Å². The van der Waals surface area contributed by atoms with Gasteiger partial charge < -0.3 is 10.2 Å². The van der Waals surface area contributed by atoms with Crippen molar-refractivity contribution in [2.45, 2.75) is 115 Å². The molecular weight excluding hydrogens is 574 g/mol. The van der Waals surface area contributed by atoms with Crippen LogP contribution in [0.1, 0.15) is 97.1 Å². The monoisotopic (exact) mass is 622 g/mol. The minimum Gasteiger partial charge on any atom is -0.349 e. The fourth-order valence-electron chi connectivity index (χ4n) is 7.88. The normalized spacial score (nSPS) is 28.2. The number of piperidine rings is 1. The number of amides is 4. The molecule has 0 aromatic heterocycles. The molecule has 7 nitrogen and oxygen atoms in total. The molecule has 3 saturated heterocycles. The summed E-state index contributed by atoms with van der Waals surface area (Å²) in [5, 5.41) is 3.21. The molecule has 2 bridgehead atoms. The number of hydrogen-bond acceptors (Lipinski definition) is 4. The molecule has 1 spiro atoms. The van der Waals surface area contributed by atoms with E-state index >= 15 is 0 Å². The molecular formula is C33H49ClF2N4O3. The fraction of sp³-hybridized carbons (Fsp3) is 0.727. The van der Waals surface area contributed by atoms with Gasteiger partial charge in [-0.1, -0.05) is 58.0 Å². The van der Waals surface area contributed by atoms with Gasteiger partial charge in [-0.3, -0.25) is 19.4 Å². The smallest absolute Gasteiger partial charge is 0.327 e. The van der Waals surface area contributed by atoms with E-state index < -0.39 is 11.5 Å². The topological polar surface area (TPSA) is 73.0 Å². The summed E-state index contributed by atoms with van der Waals surface area (Å²) >= 11 is 0. The van der Waals surface area contributed by atoms with Crippen LogP contribution in [0.25, 0.3) is 0 Å². The molecule has 4 fully saturated rings. The molecule has 4 aliphatic rings. The van der Waals surface area contributed by atoms with Crippen molar-refractivity contribution in [3.63, 3.8) is 0 Å². The Labute approximate surface area is 261 Å². The number of urea groups is 1. The highest BCUT2D eigenvalue weighted by molar-refractivity contribution is 6.07. The van der Waals surface area contributed by atoms with E-state index in [4.69, 9.17) is 0 Å². The molecule has 1 aromatic carbocycles. The molecule has 3 aliphatic heterocycles. The third kappa shape index (κ3) is 7.03. The number of carbonyl (C=O) groups excluding carboxylic acids is 3. The van der Waals surface area contributed by atoms with Crippen LogP contribution in [-0.2, 0) is 9.59 Å². The zero-order chi connectivity index (χ0) is 30.2. The highest BCUT2D eigenvalue weighted by Gasteiger charge is 2.62. The van der Waals surface area contributed by atoms with Crippen LogP contribution in [0.5, 0.6) is 0 Å².